The molecule has 0 bridgehead atoms. The van der Waals surface area contributed by atoms with Crippen molar-refractivity contribution < 1.29 is 8.42 Å². The fourth-order valence-corrected chi connectivity index (χ4v) is 5.63. The Morgan fingerprint density at radius 2 is 1.02 bits per heavy atom. The molecule has 8 heteroatoms. The molecule has 0 fully saturated rings. The van der Waals surface area contributed by atoms with Crippen molar-refractivity contribution in [3.63, 3.8) is 0 Å². The van der Waals surface area contributed by atoms with Gasteiger partial charge in [-0.1, -0.05) is 96.6 Å². The fourth-order valence-electron chi connectivity index (χ4n) is 4.41. The highest BCUT2D eigenvalue weighted by molar-refractivity contribution is 7.89. The molecule has 0 N–H and O–H groups in total. The van der Waals surface area contributed by atoms with Gasteiger partial charge in [-0.15, -0.1) is 0 Å². The van der Waals surface area contributed by atoms with Gasteiger partial charge in [0.2, 0.25) is 0 Å². The fraction of sp³-hybridized carbons (Fsp3) is 0.0588. The molecule has 0 saturated carbocycles. The van der Waals surface area contributed by atoms with Crippen LogP contribution in [0.1, 0.15) is 11.1 Å². The SMILES string of the molecule is Cc1ccc(S(=O)(=O)N(C)C(=C(C#N)C#N)C(=C(C#N)C#N)c2ccc(-c3ccc(-c4ccccc4)cc3)cc2)cc1. The van der Waals surface area contributed by atoms with Crippen LogP contribution in [-0.4, -0.2) is 19.8 Å². The second-order valence-electron chi connectivity index (χ2n) is 9.23. The minimum atomic E-state index is -4.28. The zero-order valence-electron chi connectivity index (χ0n) is 22.8. The summed E-state index contributed by atoms with van der Waals surface area (Å²) in [4.78, 5) is -0.0764. The van der Waals surface area contributed by atoms with E-state index in [0.717, 1.165) is 32.1 Å². The number of hydrogen-bond donors (Lipinski definition) is 0. The van der Waals surface area contributed by atoms with Crippen molar-refractivity contribution in [1.29, 1.82) is 21.0 Å². The topological polar surface area (TPSA) is 133 Å². The third-order valence-electron chi connectivity index (χ3n) is 6.66. The van der Waals surface area contributed by atoms with Crippen molar-refractivity contribution in [2.45, 2.75) is 11.8 Å². The Kier molecular flexibility index (Phi) is 8.65. The van der Waals surface area contributed by atoms with Gasteiger partial charge in [-0.25, -0.2) is 8.42 Å². The van der Waals surface area contributed by atoms with Crippen molar-refractivity contribution in [1.82, 2.24) is 4.31 Å². The Morgan fingerprint density at radius 3 is 1.48 bits per heavy atom. The van der Waals surface area contributed by atoms with Gasteiger partial charge >= 0.3 is 0 Å². The largest absolute Gasteiger partial charge is 0.267 e. The first-order chi connectivity index (χ1) is 20.2. The molecule has 0 unspecified atom stereocenters. The van der Waals surface area contributed by atoms with E-state index in [9.17, 15) is 29.5 Å². The first-order valence-electron chi connectivity index (χ1n) is 12.7. The molecule has 0 heterocycles. The summed E-state index contributed by atoms with van der Waals surface area (Å²) >= 11 is 0. The van der Waals surface area contributed by atoms with Crippen LogP contribution in [-0.2, 0) is 10.0 Å². The molecule has 202 valence electrons. The van der Waals surface area contributed by atoms with Crippen LogP contribution in [0.4, 0.5) is 0 Å². The van der Waals surface area contributed by atoms with E-state index in [4.69, 9.17) is 0 Å². The van der Waals surface area contributed by atoms with Crippen LogP contribution in [0.3, 0.4) is 0 Å². The standard InChI is InChI=1S/C34H23N5O2S/c1-24-8-18-32(19-9-24)42(40,41)39(2)34(31(22-37)23-38)33(30(20-35)21-36)29-16-14-28(15-17-29)27-12-10-26(11-13-27)25-6-4-3-5-7-25/h3-19H,1-2H3. The first-order valence-corrected chi connectivity index (χ1v) is 14.1. The zero-order valence-corrected chi connectivity index (χ0v) is 23.6. The lowest BCUT2D eigenvalue weighted by Crippen LogP contribution is -2.28. The molecular formula is C34H23N5O2S. The van der Waals surface area contributed by atoms with Crippen LogP contribution >= 0.6 is 0 Å². The number of nitrogens with zero attached hydrogens (tertiary/aromatic N) is 5. The van der Waals surface area contributed by atoms with Crippen molar-refractivity contribution in [2.24, 2.45) is 0 Å². The summed E-state index contributed by atoms with van der Waals surface area (Å²) in [7, 11) is -3.09. The summed E-state index contributed by atoms with van der Waals surface area (Å²) in [5, 5.41) is 39.3. The number of aryl methyl sites for hydroxylation is 1. The number of benzene rings is 4. The molecule has 0 amide bonds. The third kappa shape index (κ3) is 5.81. The zero-order chi connectivity index (χ0) is 30.3. The van der Waals surface area contributed by atoms with Gasteiger partial charge in [0, 0.05) is 12.6 Å². The van der Waals surface area contributed by atoms with Gasteiger partial charge in [-0.05, 0) is 46.9 Å². The molecule has 0 aromatic heterocycles. The van der Waals surface area contributed by atoms with E-state index in [0.29, 0.717) is 5.56 Å². The first kappa shape index (κ1) is 29.1. The molecule has 4 aromatic carbocycles. The van der Waals surface area contributed by atoms with E-state index >= 15 is 0 Å². The van der Waals surface area contributed by atoms with E-state index in [1.165, 1.54) is 19.2 Å². The normalized spacial score (nSPS) is 10.2. The maximum absolute atomic E-state index is 13.6. The summed E-state index contributed by atoms with van der Waals surface area (Å²) in [6, 6.07) is 37.8. The van der Waals surface area contributed by atoms with Crippen molar-refractivity contribution in [2.75, 3.05) is 7.05 Å². The highest BCUT2D eigenvalue weighted by Crippen LogP contribution is 2.35. The smallest absolute Gasteiger partial charge is 0.264 e. The molecule has 42 heavy (non-hydrogen) atoms. The summed E-state index contributed by atoms with van der Waals surface area (Å²) in [5.41, 5.74) is 3.52. The molecule has 0 aliphatic heterocycles. The molecule has 7 nitrogen and oxygen atoms in total. The lowest BCUT2D eigenvalue weighted by Gasteiger charge is -2.25. The molecule has 0 radical (unpaired) electrons. The highest BCUT2D eigenvalue weighted by atomic mass is 32.2. The van der Waals surface area contributed by atoms with Crippen LogP contribution in [0, 0.1) is 52.2 Å². The lowest BCUT2D eigenvalue weighted by molar-refractivity contribution is 0.530. The predicted octanol–water partition coefficient (Wildman–Crippen LogP) is 6.75. The molecule has 0 saturated heterocycles. The Hall–Kier alpha value is -5.93. The lowest BCUT2D eigenvalue weighted by atomic mass is 9.93. The second kappa shape index (κ2) is 12.5. The van der Waals surface area contributed by atoms with Crippen molar-refractivity contribution in [3.05, 3.63) is 131 Å². The summed E-state index contributed by atoms with van der Waals surface area (Å²) in [6.45, 7) is 1.81. The van der Waals surface area contributed by atoms with Gasteiger partial charge in [0.25, 0.3) is 10.0 Å². The third-order valence-corrected chi connectivity index (χ3v) is 8.44. The Morgan fingerprint density at radius 1 is 0.595 bits per heavy atom. The summed E-state index contributed by atoms with van der Waals surface area (Å²) in [5.74, 6) is 0. The molecular weight excluding hydrogens is 542 g/mol. The van der Waals surface area contributed by atoms with E-state index in [1.54, 1.807) is 60.7 Å². The van der Waals surface area contributed by atoms with Gasteiger partial charge < -0.3 is 0 Å². The van der Waals surface area contributed by atoms with Crippen LogP contribution in [0.5, 0.6) is 0 Å². The second-order valence-corrected chi connectivity index (χ2v) is 11.2. The Balaban J connectivity index is 1.82. The van der Waals surface area contributed by atoms with E-state index in [2.05, 4.69) is 0 Å². The maximum atomic E-state index is 13.6. The monoisotopic (exact) mass is 565 g/mol. The summed E-state index contributed by atoms with van der Waals surface area (Å²) in [6.07, 6.45) is 0. The quantitative estimate of drug-likeness (QED) is 0.180. The number of nitriles is 4. The van der Waals surface area contributed by atoms with Crippen molar-refractivity contribution >= 4 is 15.6 Å². The van der Waals surface area contributed by atoms with E-state index < -0.39 is 21.2 Å². The van der Waals surface area contributed by atoms with Gasteiger partial charge in [0.15, 0.2) is 5.57 Å². The van der Waals surface area contributed by atoms with E-state index in [-0.39, 0.29) is 16.2 Å². The molecule has 0 atom stereocenters. The molecule has 4 aromatic rings. The predicted molar refractivity (Wildman–Crippen MR) is 160 cm³/mol. The Labute approximate surface area is 245 Å². The van der Waals surface area contributed by atoms with E-state index in [1.807, 2.05) is 61.5 Å². The molecule has 0 aliphatic rings. The Bertz CT molecular complexity index is 1930. The minimum absolute atomic E-state index is 0.0764. The molecule has 0 spiro atoms. The average Bonchev–Trinajstić information content (AvgIpc) is 3.03. The van der Waals surface area contributed by atoms with Crippen LogP contribution in [0.2, 0.25) is 0 Å². The van der Waals surface area contributed by atoms with Gasteiger partial charge in [-0.3, -0.25) is 4.31 Å². The van der Waals surface area contributed by atoms with Crippen LogP contribution in [0.15, 0.2) is 125 Å². The average molecular weight is 566 g/mol. The summed E-state index contributed by atoms with van der Waals surface area (Å²) < 4.78 is 28.0. The van der Waals surface area contributed by atoms with Crippen molar-refractivity contribution in [3.8, 4) is 46.5 Å². The van der Waals surface area contributed by atoms with Gasteiger partial charge in [-0.2, -0.15) is 21.0 Å². The van der Waals surface area contributed by atoms with Crippen LogP contribution in [0.25, 0.3) is 27.8 Å². The minimum Gasteiger partial charge on any atom is -0.267 e. The van der Waals surface area contributed by atoms with Gasteiger partial charge in [0.1, 0.15) is 29.8 Å². The molecule has 0 aliphatic carbocycles. The number of allylic oxidation sites excluding steroid dienone is 3. The number of sulfonamides is 1. The number of rotatable bonds is 7. The highest BCUT2D eigenvalue weighted by Gasteiger charge is 2.30. The van der Waals surface area contributed by atoms with Crippen LogP contribution < -0.4 is 0 Å². The number of likely N-dealkylation sites (N-methyl/N-ethyl adjacent to an activating group) is 1. The maximum Gasteiger partial charge on any atom is 0.264 e. The number of hydrogen-bond acceptors (Lipinski definition) is 6. The molecule has 4 rings (SSSR count). The van der Waals surface area contributed by atoms with Gasteiger partial charge in [0.05, 0.1) is 10.6 Å².